The van der Waals surface area contributed by atoms with Crippen molar-refractivity contribution < 1.29 is 26.7 Å². The second-order valence-electron chi connectivity index (χ2n) is 6.53. The quantitative estimate of drug-likeness (QED) is 0.711. The molecule has 29 heavy (non-hydrogen) atoms. The van der Waals surface area contributed by atoms with E-state index >= 15 is 0 Å². The van der Waals surface area contributed by atoms with Crippen molar-refractivity contribution in [2.45, 2.75) is 11.8 Å². The maximum Gasteiger partial charge on any atom is 0.260 e. The van der Waals surface area contributed by atoms with E-state index in [0.29, 0.717) is 10.8 Å². The Morgan fingerprint density at radius 1 is 1.10 bits per heavy atom. The van der Waals surface area contributed by atoms with Crippen LogP contribution in [-0.2, 0) is 14.8 Å². The molecule has 156 valence electrons. The van der Waals surface area contributed by atoms with Crippen LogP contribution in [0.25, 0.3) is 0 Å². The van der Waals surface area contributed by atoms with Gasteiger partial charge in [0.25, 0.3) is 5.91 Å². The van der Waals surface area contributed by atoms with Gasteiger partial charge in [0.15, 0.2) is 11.5 Å². The zero-order valence-corrected chi connectivity index (χ0v) is 17.1. The minimum Gasteiger partial charge on any atom is -0.483 e. The molecule has 1 heterocycles. The molecule has 0 aromatic heterocycles. The molecule has 1 amide bonds. The Morgan fingerprint density at radius 3 is 2.31 bits per heavy atom. The van der Waals surface area contributed by atoms with Crippen LogP contribution in [0.15, 0.2) is 41.3 Å². The van der Waals surface area contributed by atoms with Crippen LogP contribution in [0.1, 0.15) is 5.56 Å². The lowest BCUT2D eigenvalue weighted by Crippen LogP contribution is -2.51. The van der Waals surface area contributed by atoms with E-state index in [0.717, 1.165) is 28.1 Å². The van der Waals surface area contributed by atoms with E-state index in [2.05, 4.69) is 0 Å². The number of ether oxygens (including phenoxy) is 1. The van der Waals surface area contributed by atoms with Gasteiger partial charge in [0.05, 0.1) is 0 Å². The minimum atomic E-state index is -4.34. The second-order valence-corrected chi connectivity index (χ2v) is 8.85. The molecule has 0 unspecified atom stereocenters. The number of aryl methyl sites for hydroxylation is 1. The molecular weight excluding hydrogens is 426 g/mol. The Labute approximate surface area is 172 Å². The van der Waals surface area contributed by atoms with Gasteiger partial charge in [-0.2, -0.15) is 4.31 Å². The molecule has 0 aliphatic carbocycles. The molecule has 0 atom stereocenters. The van der Waals surface area contributed by atoms with E-state index in [4.69, 9.17) is 16.3 Å². The van der Waals surface area contributed by atoms with E-state index in [9.17, 15) is 22.0 Å². The summed E-state index contributed by atoms with van der Waals surface area (Å²) >= 11 is 5.88. The van der Waals surface area contributed by atoms with Crippen molar-refractivity contribution in [1.29, 1.82) is 0 Å². The van der Waals surface area contributed by atoms with Crippen LogP contribution in [0.3, 0.4) is 0 Å². The molecule has 2 aromatic carbocycles. The van der Waals surface area contributed by atoms with Crippen LogP contribution in [0.4, 0.5) is 8.78 Å². The Kier molecular flexibility index (Phi) is 6.40. The molecule has 1 aliphatic heterocycles. The number of carbonyl (C=O) groups excluding carboxylic acids is 1. The third kappa shape index (κ3) is 4.68. The Hall–Kier alpha value is -2.23. The number of carbonyl (C=O) groups is 1. The first-order valence-electron chi connectivity index (χ1n) is 8.81. The molecule has 3 rings (SSSR count). The van der Waals surface area contributed by atoms with Crippen molar-refractivity contribution >= 4 is 27.5 Å². The predicted molar refractivity (Wildman–Crippen MR) is 103 cm³/mol. The largest absolute Gasteiger partial charge is 0.483 e. The second kappa shape index (κ2) is 8.64. The monoisotopic (exact) mass is 444 g/mol. The number of sulfonamides is 1. The Morgan fingerprint density at radius 2 is 1.72 bits per heavy atom. The zero-order chi connectivity index (χ0) is 21.2. The van der Waals surface area contributed by atoms with Gasteiger partial charge in [-0.15, -0.1) is 0 Å². The fourth-order valence-electron chi connectivity index (χ4n) is 3.04. The van der Waals surface area contributed by atoms with Gasteiger partial charge in [-0.1, -0.05) is 17.7 Å². The highest BCUT2D eigenvalue weighted by Gasteiger charge is 2.34. The number of benzene rings is 2. The highest BCUT2D eigenvalue weighted by Crippen LogP contribution is 2.24. The van der Waals surface area contributed by atoms with Crippen LogP contribution in [0.5, 0.6) is 5.75 Å². The Balaban J connectivity index is 1.60. The normalized spacial score (nSPS) is 15.4. The molecular formula is C19H19ClF2N2O4S. The van der Waals surface area contributed by atoms with Gasteiger partial charge in [0, 0.05) is 31.2 Å². The molecule has 1 fully saturated rings. The average molecular weight is 445 g/mol. The first-order chi connectivity index (χ1) is 13.7. The summed E-state index contributed by atoms with van der Waals surface area (Å²) < 4.78 is 59.5. The number of hydrogen-bond donors (Lipinski definition) is 0. The summed E-state index contributed by atoms with van der Waals surface area (Å²) in [7, 11) is -4.34. The third-order valence-corrected chi connectivity index (χ3v) is 6.78. The van der Waals surface area contributed by atoms with Gasteiger partial charge in [-0.25, -0.2) is 17.2 Å². The first kappa shape index (κ1) is 21.5. The summed E-state index contributed by atoms with van der Waals surface area (Å²) in [5.74, 6) is -2.07. The van der Waals surface area contributed by atoms with Crippen LogP contribution in [0, 0.1) is 18.6 Å². The lowest BCUT2D eigenvalue weighted by Gasteiger charge is -2.34. The minimum absolute atomic E-state index is 0.0676. The first-order valence-corrected chi connectivity index (χ1v) is 10.6. The smallest absolute Gasteiger partial charge is 0.260 e. The number of nitrogens with zero attached hydrogens (tertiary/aromatic N) is 2. The summed E-state index contributed by atoms with van der Waals surface area (Å²) in [6.07, 6.45) is 0. The van der Waals surface area contributed by atoms with E-state index in [-0.39, 0.29) is 38.7 Å². The SMILES string of the molecule is Cc1cc(Cl)ccc1OCC(=O)N1CCN(S(=O)(=O)c2c(F)cccc2F)CC1. The molecule has 2 aromatic rings. The van der Waals surface area contributed by atoms with Crippen molar-refractivity contribution in [2.75, 3.05) is 32.8 Å². The Bertz CT molecular complexity index is 1000. The lowest BCUT2D eigenvalue weighted by atomic mass is 10.2. The fourth-order valence-corrected chi connectivity index (χ4v) is 4.80. The zero-order valence-electron chi connectivity index (χ0n) is 15.6. The summed E-state index contributed by atoms with van der Waals surface area (Å²) in [4.78, 5) is 12.9. The molecule has 0 bridgehead atoms. The predicted octanol–water partition coefficient (Wildman–Crippen LogP) is 2.84. The van der Waals surface area contributed by atoms with E-state index in [1.54, 1.807) is 25.1 Å². The molecule has 1 aliphatic rings. The van der Waals surface area contributed by atoms with Gasteiger partial charge < -0.3 is 9.64 Å². The van der Waals surface area contributed by atoms with Gasteiger partial charge in [0.1, 0.15) is 17.4 Å². The van der Waals surface area contributed by atoms with Crippen LogP contribution in [0.2, 0.25) is 5.02 Å². The standard InChI is InChI=1S/C19H19ClF2N2O4S/c1-13-11-14(20)5-6-17(13)28-12-18(25)23-7-9-24(10-8-23)29(26,27)19-15(21)3-2-4-16(19)22/h2-6,11H,7-10,12H2,1H3. The summed E-state index contributed by atoms with van der Waals surface area (Å²) in [5, 5.41) is 0.560. The molecule has 0 spiro atoms. The highest BCUT2D eigenvalue weighted by atomic mass is 35.5. The van der Waals surface area contributed by atoms with Crippen LogP contribution < -0.4 is 4.74 Å². The molecule has 6 nitrogen and oxygen atoms in total. The number of halogens is 3. The maximum atomic E-state index is 13.9. The van der Waals surface area contributed by atoms with Crippen molar-refractivity contribution in [3.05, 3.63) is 58.6 Å². The number of hydrogen-bond acceptors (Lipinski definition) is 4. The number of amides is 1. The van der Waals surface area contributed by atoms with Gasteiger partial charge in [-0.3, -0.25) is 4.79 Å². The topological polar surface area (TPSA) is 66.9 Å². The molecule has 0 saturated carbocycles. The number of rotatable bonds is 5. The van der Waals surface area contributed by atoms with Crippen molar-refractivity contribution in [2.24, 2.45) is 0 Å². The fraction of sp³-hybridized carbons (Fsp3) is 0.316. The third-order valence-electron chi connectivity index (χ3n) is 4.60. The summed E-state index contributed by atoms with van der Waals surface area (Å²) in [5.41, 5.74) is 0.785. The van der Waals surface area contributed by atoms with Crippen LogP contribution in [-0.4, -0.2) is 56.3 Å². The van der Waals surface area contributed by atoms with E-state index in [1.165, 1.54) is 4.90 Å². The lowest BCUT2D eigenvalue weighted by molar-refractivity contribution is -0.134. The van der Waals surface area contributed by atoms with Crippen LogP contribution >= 0.6 is 11.6 Å². The molecule has 0 radical (unpaired) electrons. The average Bonchev–Trinajstić information content (AvgIpc) is 2.67. The number of piperazine rings is 1. The van der Waals surface area contributed by atoms with Gasteiger partial charge in [-0.05, 0) is 42.8 Å². The van der Waals surface area contributed by atoms with E-state index < -0.39 is 26.6 Å². The van der Waals surface area contributed by atoms with Gasteiger partial charge in [0.2, 0.25) is 10.0 Å². The summed E-state index contributed by atoms with van der Waals surface area (Å²) in [6, 6.07) is 7.92. The van der Waals surface area contributed by atoms with Crippen molar-refractivity contribution in [3.8, 4) is 5.75 Å². The molecule has 0 N–H and O–H groups in total. The highest BCUT2D eigenvalue weighted by molar-refractivity contribution is 7.89. The molecule has 1 saturated heterocycles. The van der Waals surface area contributed by atoms with Crippen molar-refractivity contribution in [1.82, 2.24) is 9.21 Å². The van der Waals surface area contributed by atoms with E-state index in [1.807, 2.05) is 0 Å². The maximum absolute atomic E-state index is 13.9. The van der Waals surface area contributed by atoms with Crippen molar-refractivity contribution in [3.63, 3.8) is 0 Å². The summed E-state index contributed by atoms with van der Waals surface area (Å²) in [6.45, 7) is 1.64. The van der Waals surface area contributed by atoms with Gasteiger partial charge >= 0.3 is 0 Å². The molecule has 10 heteroatoms.